The maximum Gasteiger partial charge on any atom is 0.431 e. The summed E-state index contributed by atoms with van der Waals surface area (Å²) in [5.41, 5.74) is -0.371. The van der Waals surface area contributed by atoms with Crippen molar-refractivity contribution < 1.29 is 27.0 Å². The molecule has 0 amide bonds. The lowest BCUT2D eigenvalue weighted by atomic mass is 9.78. The van der Waals surface area contributed by atoms with Crippen molar-refractivity contribution >= 4 is 0 Å². The van der Waals surface area contributed by atoms with E-state index in [4.69, 9.17) is 4.74 Å². The van der Waals surface area contributed by atoms with Crippen LogP contribution in [0, 0.1) is 17.6 Å². The highest BCUT2D eigenvalue weighted by Gasteiger charge is 2.40. The Balaban J connectivity index is 1.68. The zero-order chi connectivity index (χ0) is 21.7. The molecule has 1 aliphatic carbocycles. The van der Waals surface area contributed by atoms with Crippen LogP contribution in [0.3, 0.4) is 0 Å². The van der Waals surface area contributed by atoms with Gasteiger partial charge in [-0.25, -0.2) is 14.4 Å². The highest BCUT2D eigenvalue weighted by Crippen LogP contribution is 2.38. The molecule has 30 heavy (non-hydrogen) atoms. The molecule has 0 aliphatic heterocycles. The molecule has 164 valence electrons. The van der Waals surface area contributed by atoms with Gasteiger partial charge in [0.2, 0.25) is 5.82 Å². The quantitative estimate of drug-likeness (QED) is 0.461. The number of aromatic nitrogens is 2. The third kappa shape index (κ3) is 5.02. The summed E-state index contributed by atoms with van der Waals surface area (Å²) >= 11 is 0. The van der Waals surface area contributed by atoms with Crippen molar-refractivity contribution in [3.05, 3.63) is 47.3 Å². The second-order valence-electron chi connectivity index (χ2n) is 7.60. The van der Waals surface area contributed by atoms with Crippen LogP contribution >= 0.6 is 0 Å². The first-order valence-electron chi connectivity index (χ1n) is 10.4. The summed E-state index contributed by atoms with van der Waals surface area (Å²) in [7, 11) is 0. The number of hydrogen-bond acceptors (Lipinski definition) is 4. The van der Waals surface area contributed by atoms with Crippen LogP contribution in [0.1, 0.15) is 69.4 Å². The summed E-state index contributed by atoms with van der Waals surface area (Å²) in [6.45, 7) is 3.83. The summed E-state index contributed by atoms with van der Waals surface area (Å²) in [4.78, 5) is 7.73. The Kier molecular flexibility index (Phi) is 7.15. The maximum atomic E-state index is 14.4. The first kappa shape index (κ1) is 22.3. The molecular formula is C22H26F4N2O2. The first-order valence-corrected chi connectivity index (χ1v) is 10.4. The van der Waals surface area contributed by atoms with Gasteiger partial charge < -0.3 is 9.47 Å². The minimum absolute atomic E-state index is 0.0725. The van der Waals surface area contributed by atoms with Crippen LogP contribution in [0.2, 0.25) is 0 Å². The minimum atomic E-state index is -4.14. The third-order valence-corrected chi connectivity index (χ3v) is 5.54. The van der Waals surface area contributed by atoms with Gasteiger partial charge in [0.25, 0.3) is 0 Å². The molecule has 0 saturated heterocycles. The van der Waals surface area contributed by atoms with Crippen molar-refractivity contribution in [1.82, 2.24) is 9.97 Å². The predicted molar refractivity (Wildman–Crippen MR) is 104 cm³/mol. The monoisotopic (exact) mass is 426 g/mol. The lowest BCUT2D eigenvalue weighted by Gasteiger charge is -2.28. The molecule has 8 heteroatoms. The molecule has 0 radical (unpaired) electrons. The van der Waals surface area contributed by atoms with E-state index >= 15 is 0 Å². The zero-order valence-electron chi connectivity index (χ0n) is 17.1. The maximum absolute atomic E-state index is 14.4. The molecule has 1 aromatic carbocycles. The van der Waals surface area contributed by atoms with E-state index in [1.165, 1.54) is 25.2 Å². The Hall–Kier alpha value is -2.38. The zero-order valence-corrected chi connectivity index (χ0v) is 17.1. The molecule has 1 fully saturated rings. The molecule has 1 heterocycles. The SMILES string of the molecule is CCCC1CCC(c2cnc(OC(F)(F)c3ccc(OCC)c(F)c3F)nc2)CC1. The van der Waals surface area contributed by atoms with Crippen LogP contribution in [0.4, 0.5) is 17.6 Å². The summed E-state index contributed by atoms with van der Waals surface area (Å²) in [5, 5.41) is 0. The van der Waals surface area contributed by atoms with E-state index < -0.39 is 35.1 Å². The molecule has 4 nitrogen and oxygen atoms in total. The number of ether oxygens (including phenoxy) is 2. The normalized spacial score (nSPS) is 19.5. The van der Waals surface area contributed by atoms with E-state index in [0.29, 0.717) is 5.92 Å². The van der Waals surface area contributed by atoms with Crippen LogP contribution in [0.15, 0.2) is 24.5 Å². The van der Waals surface area contributed by atoms with E-state index in [-0.39, 0.29) is 6.61 Å². The van der Waals surface area contributed by atoms with Gasteiger partial charge >= 0.3 is 12.1 Å². The fourth-order valence-electron chi connectivity index (χ4n) is 3.98. The molecule has 0 bridgehead atoms. The van der Waals surface area contributed by atoms with Gasteiger partial charge in [0.1, 0.15) is 5.56 Å². The van der Waals surface area contributed by atoms with Crippen LogP contribution in [-0.4, -0.2) is 16.6 Å². The molecular weight excluding hydrogens is 400 g/mol. The van der Waals surface area contributed by atoms with Crippen LogP contribution in [-0.2, 0) is 6.11 Å². The first-order chi connectivity index (χ1) is 14.4. The highest BCUT2D eigenvalue weighted by atomic mass is 19.3. The molecule has 0 atom stereocenters. The van der Waals surface area contributed by atoms with Crippen molar-refractivity contribution in [2.75, 3.05) is 6.61 Å². The van der Waals surface area contributed by atoms with Gasteiger partial charge in [-0.1, -0.05) is 19.8 Å². The largest absolute Gasteiger partial charge is 0.491 e. The van der Waals surface area contributed by atoms with E-state index in [0.717, 1.165) is 49.3 Å². The van der Waals surface area contributed by atoms with Gasteiger partial charge in [-0.3, -0.25) is 0 Å². The Morgan fingerprint density at radius 1 is 1.00 bits per heavy atom. The van der Waals surface area contributed by atoms with E-state index in [1.807, 2.05) is 0 Å². The predicted octanol–water partition coefficient (Wildman–Crippen LogP) is 6.36. The smallest absolute Gasteiger partial charge is 0.431 e. The lowest BCUT2D eigenvalue weighted by Crippen LogP contribution is -2.25. The van der Waals surface area contributed by atoms with Gasteiger partial charge in [0.15, 0.2) is 11.6 Å². The minimum Gasteiger partial charge on any atom is -0.491 e. The van der Waals surface area contributed by atoms with E-state index in [1.54, 1.807) is 6.92 Å². The Morgan fingerprint density at radius 2 is 1.67 bits per heavy atom. The van der Waals surface area contributed by atoms with Gasteiger partial charge in [-0.2, -0.15) is 13.2 Å². The summed E-state index contributed by atoms with van der Waals surface area (Å²) in [6.07, 6.45) is 5.51. The number of nitrogens with zero attached hydrogens (tertiary/aromatic N) is 2. The van der Waals surface area contributed by atoms with Crippen LogP contribution < -0.4 is 9.47 Å². The Bertz CT molecular complexity index is 838. The average Bonchev–Trinajstić information content (AvgIpc) is 2.73. The second-order valence-corrected chi connectivity index (χ2v) is 7.60. The van der Waals surface area contributed by atoms with Gasteiger partial charge in [0.05, 0.1) is 6.61 Å². The van der Waals surface area contributed by atoms with Crippen LogP contribution in [0.5, 0.6) is 11.8 Å². The molecule has 0 unspecified atom stereocenters. The molecule has 1 aliphatic rings. The van der Waals surface area contributed by atoms with E-state index in [9.17, 15) is 17.6 Å². The highest BCUT2D eigenvalue weighted by molar-refractivity contribution is 5.33. The second kappa shape index (κ2) is 9.62. The molecule has 0 N–H and O–H groups in total. The summed E-state index contributed by atoms with van der Waals surface area (Å²) in [6, 6.07) is 1.07. The van der Waals surface area contributed by atoms with E-state index in [2.05, 4.69) is 21.6 Å². The molecule has 2 aromatic rings. The number of alkyl halides is 2. The fraction of sp³-hybridized carbons (Fsp3) is 0.545. The van der Waals surface area contributed by atoms with Crippen molar-refractivity contribution in [1.29, 1.82) is 0 Å². The summed E-state index contributed by atoms with van der Waals surface area (Å²) < 4.78 is 66.3. The standard InChI is InChI=1S/C22H26F4N2O2/c1-3-5-14-6-8-15(9-7-14)16-12-27-21(28-13-16)30-22(25,26)17-10-11-18(29-4-2)20(24)19(17)23/h10-15H,3-9H2,1-2H3. The number of halogens is 4. The number of hydrogen-bond donors (Lipinski definition) is 0. The van der Waals surface area contributed by atoms with Gasteiger partial charge in [0, 0.05) is 12.4 Å². The van der Waals surface area contributed by atoms with Crippen molar-refractivity contribution in [2.45, 2.75) is 64.4 Å². The fourth-order valence-corrected chi connectivity index (χ4v) is 3.98. The lowest BCUT2D eigenvalue weighted by molar-refractivity contribution is -0.192. The molecule has 3 rings (SSSR count). The average molecular weight is 426 g/mol. The summed E-state index contributed by atoms with van der Waals surface area (Å²) in [5.74, 6) is -2.62. The third-order valence-electron chi connectivity index (χ3n) is 5.54. The Labute approximate surface area is 173 Å². The van der Waals surface area contributed by atoms with Crippen molar-refractivity contribution in [3.8, 4) is 11.8 Å². The Morgan fingerprint density at radius 3 is 2.27 bits per heavy atom. The van der Waals surface area contributed by atoms with Crippen molar-refractivity contribution in [2.24, 2.45) is 5.92 Å². The molecule has 1 aromatic heterocycles. The van der Waals surface area contributed by atoms with Crippen molar-refractivity contribution in [3.63, 3.8) is 0 Å². The molecule has 1 saturated carbocycles. The molecule has 0 spiro atoms. The number of rotatable bonds is 8. The topological polar surface area (TPSA) is 44.2 Å². The number of benzene rings is 1. The van der Waals surface area contributed by atoms with Gasteiger partial charge in [-0.05, 0) is 62.1 Å². The van der Waals surface area contributed by atoms with Gasteiger partial charge in [-0.15, -0.1) is 0 Å². The van der Waals surface area contributed by atoms with Crippen LogP contribution in [0.25, 0.3) is 0 Å².